The van der Waals surface area contributed by atoms with Crippen LogP contribution in [0.5, 0.6) is 0 Å². The van der Waals surface area contributed by atoms with Crippen LogP contribution in [0.2, 0.25) is 0 Å². The molecule has 0 heterocycles. The van der Waals surface area contributed by atoms with Crippen molar-refractivity contribution >= 4 is 11.6 Å². The Labute approximate surface area is 113 Å². The lowest BCUT2D eigenvalue weighted by molar-refractivity contribution is -0.115. The predicted molar refractivity (Wildman–Crippen MR) is 74.4 cm³/mol. The van der Waals surface area contributed by atoms with Crippen molar-refractivity contribution in [3.8, 4) is 0 Å². The summed E-state index contributed by atoms with van der Waals surface area (Å²) in [6, 6.07) is 5.94. The highest BCUT2D eigenvalue weighted by molar-refractivity contribution is 5.92. The number of nitrogens with one attached hydrogen (secondary N) is 2. The number of hydrogen-bond acceptors (Lipinski definition) is 2. The van der Waals surface area contributed by atoms with Crippen LogP contribution < -0.4 is 10.6 Å². The van der Waals surface area contributed by atoms with E-state index in [9.17, 15) is 9.18 Å². The Morgan fingerprint density at radius 3 is 2.95 bits per heavy atom. The summed E-state index contributed by atoms with van der Waals surface area (Å²) in [5.74, 6) is 0.961. The second-order valence-electron chi connectivity index (χ2n) is 5.36. The minimum atomic E-state index is -0.342. The van der Waals surface area contributed by atoms with Gasteiger partial charge in [0.1, 0.15) is 5.82 Å². The van der Waals surface area contributed by atoms with Gasteiger partial charge in [-0.2, -0.15) is 0 Å². The van der Waals surface area contributed by atoms with Gasteiger partial charge in [-0.3, -0.25) is 4.79 Å². The fourth-order valence-electron chi connectivity index (χ4n) is 2.67. The van der Waals surface area contributed by atoms with Gasteiger partial charge in [-0.05, 0) is 43.0 Å². The molecule has 0 spiro atoms. The summed E-state index contributed by atoms with van der Waals surface area (Å²) < 4.78 is 13.0. The molecule has 2 atom stereocenters. The molecule has 1 aromatic rings. The largest absolute Gasteiger partial charge is 0.325 e. The average molecular weight is 264 g/mol. The van der Waals surface area contributed by atoms with Gasteiger partial charge in [0.2, 0.25) is 5.91 Å². The second-order valence-corrected chi connectivity index (χ2v) is 5.36. The third kappa shape index (κ3) is 4.31. The summed E-state index contributed by atoms with van der Waals surface area (Å²) in [7, 11) is 0. The van der Waals surface area contributed by atoms with E-state index in [-0.39, 0.29) is 18.3 Å². The quantitative estimate of drug-likeness (QED) is 0.858. The molecule has 0 saturated heterocycles. The van der Waals surface area contributed by atoms with Gasteiger partial charge in [-0.1, -0.05) is 25.8 Å². The van der Waals surface area contributed by atoms with Crippen molar-refractivity contribution in [3.63, 3.8) is 0 Å². The highest BCUT2D eigenvalue weighted by Gasteiger charge is 2.22. The van der Waals surface area contributed by atoms with Crippen molar-refractivity contribution in [3.05, 3.63) is 30.1 Å². The molecule has 4 heteroatoms. The van der Waals surface area contributed by atoms with Gasteiger partial charge in [-0.15, -0.1) is 0 Å². The Hall–Kier alpha value is -1.42. The smallest absolute Gasteiger partial charge is 0.238 e. The van der Waals surface area contributed by atoms with Crippen LogP contribution in [-0.2, 0) is 4.79 Å². The molecular formula is C15H21FN2O. The lowest BCUT2D eigenvalue weighted by Gasteiger charge is -2.15. The molecule has 1 aliphatic carbocycles. The summed E-state index contributed by atoms with van der Waals surface area (Å²) in [4.78, 5) is 11.7. The van der Waals surface area contributed by atoms with Crippen LogP contribution in [-0.4, -0.2) is 19.0 Å². The molecule has 0 aromatic heterocycles. The zero-order chi connectivity index (χ0) is 13.7. The zero-order valence-corrected chi connectivity index (χ0v) is 11.3. The molecular weight excluding hydrogens is 243 g/mol. The van der Waals surface area contributed by atoms with Crippen LogP contribution in [0.25, 0.3) is 0 Å². The van der Waals surface area contributed by atoms with Crippen LogP contribution in [0.3, 0.4) is 0 Å². The van der Waals surface area contributed by atoms with E-state index < -0.39 is 0 Å². The summed E-state index contributed by atoms with van der Waals surface area (Å²) in [5.41, 5.74) is 0.501. The Bertz CT molecular complexity index is 436. The molecule has 2 N–H and O–H groups in total. The van der Waals surface area contributed by atoms with Crippen molar-refractivity contribution in [2.24, 2.45) is 11.8 Å². The maximum absolute atomic E-state index is 13.0. The molecule has 3 nitrogen and oxygen atoms in total. The number of hydrogen-bond donors (Lipinski definition) is 2. The van der Waals surface area contributed by atoms with E-state index in [1.807, 2.05) is 0 Å². The van der Waals surface area contributed by atoms with E-state index in [4.69, 9.17) is 0 Å². The maximum Gasteiger partial charge on any atom is 0.238 e. The molecule has 0 bridgehead atoms. The SMILES string of the molecule is CC1CCCC1CNCC(=O)Nc1cccc(F)c1. The fraction of sp³-hybridized carbons (Fsp3) is 0.533. The van der Waals surface area contributed by atoms with Gasteiger partial charge in [0.05, 0.1) is 6.54 Å². The van der Waals surface area contributed by atoms with Gasteiger partial charge in [0.25, 0.3) is 0 Å². The van der Waals surface area contributed by atoms with Gasteiger partial charge < -0.3 is 10.6 Å². The van der Waals surface area contributed by atoms with Crippen LogP contribution in [0, 0.1) is 17.7 Å². The maximum atomic E-state index is 13.0. The van der Waals surface area contributed by atoms with Gasteiger partial charge in [-0.25, -0.2) is 4.39 Å². The van der Waals surface area contributed by atoms with Gasteiger partial charge in [0, 0.05) is 5.69 Å². The zero-order valence-electron chi connectivity index (χ0n) is 11.3. The van der Waals surface area contributed by atoms with E-state index in [2.05, 4.69) is 17.6 Å². The lowest BCUT2D eigenvalue weighted by Crippen LogP contribution is -2.32. The number of anilines is 1. The Balaban J connectivity index is 1.70. The van der Waals surface area contributed by atoms with E-state index in [0.29, 0.717) is 11.6 Å². The summed E-state index contributed by atoms with van der Waals surface area (Å²) in [5, 5.41) is 5.86. The molecule has 0 radical (unpaired) electrons. The fourth-order valence-corrected chi connectivity index (χ4v) is 2.67. The monoisotopic (exact) mass is 264 g/mol. The topological polar surface area (TPSA) is 41.1 Å². The lowest BCUT2D eigenvalue weighted by atomic mass is 9.98. The third-order valence-electron chi connectivity index (χ3n) is 3.84. The number of carbonyl (C=O) groups excluding carboxylic acids is 1. The molecule has 1 aromatic carbocycles. The van der Waals surface area contributed by atoms with E-state index in [1.54, 1.807) is 12.1 Å². The van der Waals surface area contributed by atoms with Crippen LogP contribution in [0.4, 0.5) is 10.1 Å². The first-order valence-electron chi connectivity index (χ1n) is 6.91. The van der Waals surface area contributed by atoms with E-state index in [0.717, 1.165) is 12.5 Å². The predicted octanol–water partition coefficient (Wildman–Crippen LogP) is 2.79. The highest BCUT2D eigenvalue weighted by Crippen LogP contribution is 2.30. The minimum absolute atomic E-state index is 0.128. The van der Waals surface area contributed by atoms with Crippen molar-refractivity contribution in [2.45, 2.75) is 26.2 Å². The Kier molecular flexibility index (Phi) is 4.91. The molecule has 0 aliphatic heterocycles. The number of amides is 1. The molecule has 1 saturated carbocycles. The van der Waals surface area contributed by atoms with Gasteiger partial charge in [0.15, 0.2) is 0 Å². The van der Waals surface area contributed by atoms with Crippen molar-refractivity contribution in [1.82, 2.24) is 5.32 Å². The van der Waals surface area contributed by atoms with Crippen molar-refractivity contribution in [2.75, 3.05) is 18.4 Å². The molecule has 1 amide bonds. The molecule has 2 unspecified atom stereocenters. The van der Waals surface area contributed by atoms with Crippen LogP contribution >= 0.6 is 0 Å². The Morgan fingerprint density at radius 1 is 1.42 bits per heavy atom. The average Bonchev–Trinajstić information content (AvgIpc) is 2.75. The third-order valence-corrected chi connectivity index (χ3v) is 3.84. The summed E-state index contributed by atoms with van der Waals surface area (Å²) in [6.07, 6.45) is 3.84. The Morgan fingerprint density at radius 2 is 2.26 bits per heavy atom. The first-order valence-corrected chi connectivity index (χ1v) is 6.91. The van der Waals surface area contributed by atoms with Crippen LogP contribution in [0.1, 0.15) is 26.2 Å². The van der Waals surface area contributed by atoms with Crippen molar-refractivity contribution in [1.29, 1.82) is 0 Å². The highest BCUT2D eigenvalue weighted by atomic mass is 19.1. The number of rotatable bonds is 5. The summed E-state index contributed by atoms with van der Waals surface area (Å²) in [6.45, 7) is 3.43. The molecule has 2 rings (SSSR count). The first kappa shape index (κ1) is 14.0. The summed E-state index contributed by atoms with van der Waals surface area (Å²) >= 11 is 0. The number of halogens is 1. The molecule has 1 fully saturated rings. The molecule has 19 heavy (non-hydrogen) atoms. The minimum Gasteiger partial charge on any atom is -0.325 e. The van der Waals surface area contributed by atoms with Gasteiger partial charge >= 0.3 is 0 Å². The van der Waals surface area contributed by atoms with E-state index in [1.165, 1.54) is 31.4 Å². The second kappa shape index (κ2) is 6.66. The van der Waals surface area contributed by atoms with Crippen molar-refractivity contribution < 1.29 is 9.18 Å². The molecule has 1 aliphatic rings. The normalized spacial score (nSPS) is 22.4. The number of benzene rings is 1. The van der Waals surface area contributed by atoms with E-state index >= 15 is 0 Å². The first-order chi connectivity index (χ1) is 9.15. The van der Waals surface area contributed by atoms with Crippen LogP contribution in [0.15, 0.2) is 24.3 Å². The molecule has 104 valence electrons. The number of carbonyl (C=O) groups is 1. The standard InChI is InChI=1S/C15H21FN2O/c1-11-4-2-5-12(11)9-17-10-15(19)18-14-7-3-6-13(16)8-14/h3,6-8,11-12,17H,2,4-5,9-10H2,1H3,(H,18,19).